The summed E-state index contributed by atoms with van der Waals surface area (Å²) in [5.41, 5.74) is 2.25. The number of rotatable bonds is 7. The number of fused-ring (bicyclic) bond motifs is 1. The van der Waals surface area contributed by atoms with Crippen LogP contribution in [0.5, 0.6) is 5.75 Å². The maximum absolute atomic E-state index is 11.0. The third-order valence-corrected chi connectivity index (χ3v) is 4.11. The fraction of sp³-hybridized carbons (Fsp3) is 0.588. The van der Waals surface area contributed by atoms with Gasteiger partial charge in [-0.05, 0) is 75.6 Å². The van der Waals surface area contributed by atoms with Crippen molar-refractivity contribution in [1.82, 2.24) is 0 Å². The first kappa shape index (κ1) is 14.9. The Morgan fingerprint density at radius 1 is 1.25 bits per heavy atom. The van der Waals surface area contributed by atoms with E-state index in [2.05, 4.69) is 12.1 Å². The molecule has 0 saturated carbocycles. The van der Waals surface area contributed by atoms with Crippen LogP contribution in [0.25, 0.3) is 0 Å². The zero-order chi connectivity index (χ0) is 14.6. The zero-order valence-corrected chi connectivity index (χ0v) is 12.4. The van der Waals surface area contributed by atoms with Gasteiger partial charge in [0, 0.05) is 0 Å². The maximum atomic E-state index is 11.0. The minimum Gasteiger partial charge on any atom is -0.494 e. The van der Waals surface area contributed by atoms with Crippen LogP contribution in [0.3, 0.4) is 0 Å². The quantitative estimate of drug-likeness (QED) is 0.770. The fourth-order valence-electron chi connectivity index (χ4n) is 2.60. The van der Waals surface area contributed by atoms with Gasteiger partial charge in [-0.15, -0.1) is 0 Å². The first-order valence-corrected chi connectivity index (χ1v) is 7.47. The summed E-state index contributed by atoms with van der Waals surface area (Å²) in [4.78, 5) is 11.0. The van der Waals surface area contributed by atoms with Gasteiger partial charge in [-0.2, -0.15) is 0 Å². The van der Waals surface area contributed by atoms with E-state index in [4.69, 9.17) is 9.84 Å². The first-order valence-electron chi connectivity index (χ1n) is 7.47. The van der Waals surface area contributed by atoms with Gasteiger partial charge >= 0.3 is 5.97 Å². The van der Waals surface area contributed by atoms with Crippen LogP contribution < -0.4 is 4.74 Å². The van der Waals surface area contributed by atoms with Gasteiger partial charge in [0.25, 0.3) is 0 Å². The Labute approximate surface area is 121 Å². The van der Waals surface area contributed by atoms with E-state index in [0.29, 0.717) is 13.0 Å². The zero-order valence-electron chi connectivity index (χ0n) is 12.4. The van der Waals surface area contributed by atoms with Crippen LogP contribution in [0.1, 0.15) is 50.7 Å². The number of carboxylic acid groups (broad SMARTS) is 1. The Morgan fingerprint density at radius 2 is 2.00 bits per heavy atom. The Kier molecular flexibility index (Phi) is 4.69. The highest BCUT2D eigenvalue weighted by Gasteiger charge is 2.25. The lowest BCUT2D eigenvalue weighted by atomic mass is 9.87. The molecule has 1 aliphatic rings. The Bertz CT molecular complexity index is 477. The molecule has 1 aliphatic carbocycles. The van der Waals surface area contributed by atoms with Gasteiger partial charge in [-0.1, -0.05) is 6.07 Å². The van der Waals surface area contributed by atoms with E-state index in [0.717, 1.165) is 18.6 Å². The molecule has 0 fully saturated rings. The lowest BCUT2D eigenvalue weighted by molar-refractivity contribution is -0.147. The van der Waals surface area contributed by atoms with Crippen molar-refractivity contribution in [3.8, 4) is 5.75 Å². The van der Waals surface area contributed by atoms with Crippen molar-refractivity contribution < 1.29 is 14.6 Å². The molecule has 0 radical (unpaired) electrons. The summed E-state index contributed by atoms with van der Waals surface area (Å²) in [5, 5.41) is 9.03. The van der Waals surface area contributed by atoms with Gasteiger partial charge in [-0.3, -0.25) is 4.79 Å². The van der Waals surface area contributed by atoms with Crippen molar-refractivity contribution in [3.63, 3.8) is 0 Å². The van der Waals surface area contributed by atoms with Crippen molar-refractivity contribution in [3.05, 3.63) is 29.3 Å². The predicted octanol–water partition coefficient (Wildman–Crippen LogP) is 3.84. The molecule has 1 N–H and O–H groups in total. The number of hydrogen-bond donors (Lipinski definition) is 1. The second-order valence-electron chi connectivity index (χ2n) is 6.28. The maximum Gasteiger partial charge on any atom is 0.309 e. The van der Waals surface area contributed by atoms with Crippen LogP contribution in [-0.2, 0) is 17.6 Å². The third-order valence-electron chi connectivity index (χ3n) is 4.11. The van der Waals surface area contributed by atoms with E-state index in [1.54, 1.807) is 13.8 Å². The van der Waals surface area contributed by atoms with Gasteiger partial charge in [0.15, 0.2) is 0 Å². The molecule has 1 aromatic rings. The number of unbranched alkanes of at least 4 members (excludes halogenated alkanes) is 1. The molecule has 0 spiro atoms. The summed E-state index contributed by atoms with van der Waals surface area (Å²) >= 11 is 0. The van der Waals surface area contributed by atoms with E-state index >= 15 is 0 Å². The molecule has 0 saturated heterocycles. The number of carboxylic acids is 1. The summed E-state index contributed by atoms with van der Waals surface area (Å²) in [5.74, 6) is 0.222. The number of ether oxygens (including phenoxy) is 1. The minimum atomic E-state index is -0.725. The average molecular weight is 276 g/mol. The van der Waals surface area contributed by atoms with Crippen LogP contribution in [0.2, 0.25) is 0 Å². The average Bonchev–Trinajstić information content (AvgIpc) is 2.85. The second-order valence-corrected chi connectivity index (χ2v) is 6.28. The number of carbonyl (C=O) groups is 1. The smallest absolute Gasteiger partial charge is 0.309 e. The highest BCUT2D eigenvalue weighted by molar-refractivity contribution is 5.73. The molecule has 0 atom stereocenters. The number of aryl methyl sites for hydroxylation is 2. The van der Waals surface area contributed by atoms with Crippen LogP contribution >= 0.6 is 0 Å². The first-order chi connectivity index (χ1) is 9.49. The predicted molar refractivity (Wildman–Crippen MR) is 79.2 cm³/mol. The number of benzene rings is 1. The van der Waals surface area contributed by atoms with E-state index in [9.17, 15) is 4.79 Å². The van der Waals surface area contributed by atoms with Gasteiger partial charge in [0.2, 0.25) is 0 Å². The molecule has 1 aromatic carbocycles. The van der Waals surface area contributed by atoms with Crippen molar-refractivity contribution in [2.75, 3.05) is 6.61 Å². The fourth-order valence-corrected chi connectivity index (χ4v) is 2.60. The lowest BCUT2D eigenvalue weighted by Gasteiger charge is -2.18. The molecular formula is C17H24O3. The lowest BCUT2D eigenvalue weighted by Crippen LogP contribution is -2.23. The van der Waals surface area contributed by atoms with Crippen molar-refractivity contribution in [2.45, 2.75) is 52.4 Å². The minimum absolute atomic E-state index is 0.631. The normalized spacial score (nSPS) is 14.1. The second kappa shape index (κ2) is 6.29. The summed E-state index contributed by atoms with van der Waals surface area (Å²) in [6, 6.07) is 6.38. The van der Waals surface area contributed by atoms with Crippen LogP contribution in [0, 0.1) is 5.41 Å². The van der Waals surface area contributed by atoms with Crippen LogP contribution in [0.4, 0.5) is 0 Å². The Balaban J connectivity index is 1.70. The molecule has 0 aromatic heterocycles. The van der Waals surface area contributed by atoms with Crippen LogP contribution in [-0.4, -0.2) is 17.7 Å². The molecule has 0 aliphatic heterocycles. The molecule has 2 rings (SSSR count). The Hall–Kier alpha value is -1.51. The van der Waals surface area contributed by atoms with Gasteiger partial charge in [-0.25, -0.2) is 0 Å². The van der Waals surface area contributed by atoms with Crippen molar-refractivity contribution in [2.24, 2.45) is 5.41 Å². The van der Waals surface area contributed by atoms with Gasteiger partial charge in [0.1, 0.15) is 5.75 Å². The largest absolute Gasteiger partial charge is 0.494 e. The Morgan fingerprint density at radius 3 is 2.75 bits per heavy atom. The SMILES string of the molecule is CC(C)(CCCCOc1ccc2c(c1)CCC2)C(=O)O. The summed E-state index contributed by atoms with van der Waals surface area (Å²) < 4.78 is 5.76. The molecule has 3 heteroatoms. The summed E-state index contributed by atoms with van der Waals surface area (Å²) in [6.45, 7) is 4.21. The molecule has 3 nitrogen and oxygen atoms in total. The molecule has 0 amide bonds. The molecule has 0 heterocycles. The number of aliphatic carboxylic acids is 1. The van der Waals surface area contributed by atoms with Gasteiger partial charge < -0.3 is 9.84 Å². The highest BCUT2D eigenvalue weighted by atomic mass is 16.5. The highest BCUT2D eigenvalue weighted by Crippen LogP contribution is 2.26. The van der Waals surface area contributed by atoms with Crippen LogP contribution in [0.15, 0.2) is 18.2 Å². The number of hydrogen-bond acceptors (Lipinski definition) is 2. The van der Waals surface area contributed by atoms with Crippen molar-refractivity contribution >= 4 is 5.97 Å². The molecule has 0 bridgehead atoms. The van der Waals surface area contributed by atoms with Crippen molar-refractivity contribution in [1.29, 1.82) is 0 Å². The molecule has 0 unspecified atom stereocenters. The van der Waals surface area contributed by atoms with E-state index in [1.807, 2.05) is 6.07 Å². The van der Waals surface area contributed by atoms with E-state index in [-0.39, 0.29) is 0 Å². The van der Waals surface area contributed by atoms with E-state index in [1.165, 1.54) is 30.4 Å². The third kappa shape index (κ3) is 3.75. The monoisotopic (exact) mass is 276 g/mol. The summed E-state index contributed by atoms with van der Waals surface area (Å²) in [6.07, 6.45) is 6.08. The topological polar surface area (TPSA) is 46.5 Å². The molecule has 20 heavy (non-hydrogen) atoms. The molecular weight excluding hydrogens is 252 g/mol. The summed E-state index contributed by atoms with van der Waals surface area (Å²) in [7, 11) is 0. The standard InChI is InChI=1S/C17H24O3/c1-17(2,16(18)19)10-3-4-11-20-15-9-8-13-6-5-7-14(13)12-15/h8-9,12H,3-7,10-11H2,1-2H3,(H,18,19). The van der Waals surface area contributed by atoms with E-state index < -0.39 is 11.4 Å². The molecule has 110 valence electrons. The van der Waals surface area contributed by atoms with Gasteiger partial charge in [0.05, 0.1) is 12.0 Å².